The third-order valence-corrected chi connectivity index (χ3v) is 4.92. The highest BCUT2D eigenvalue weighted by Gasteiger charge is 2.25. The Morgan fingerprint density at radius 2 is 2.13 bits per heavy atom. The third-order valence-electron chi connectivity index (χ3n) is 4.00. The van der Waals surface area contributed by atoms with Crippen molar-refractivity contribution in [3.8, 4) is 5.75 Å². The molecule has 1 amide bonds. The predicted molar refractivity (Wildman–Crippen MR) is 91.0 cm³/mol. The molecule has 0 aromatic heterocycles. The first-order chi connectivity index (χ1) is 11.2. The molecular formula is C17H19FN2O2S. The smallest absolute Gasteiger partial charge is 0.264 e. The van der Waals surface area contributed by atoms with Gasteiger partial charge in [0.1, 0.15) is 0 Å². The van der Waals surface area contributed by atoms with E-state index in [0.717, 1.165) is 12.8 Å². The van der Waals surface area contributed by atoms with Crippen LogP contribution in [0.2, 0.25) is 0 Å². The zero-order chi connectivity index (χ0) is 16.2. The van der Waals surface area contributed by atoms with Gasteiger partial charge in [-0.05, 0) is 48.4 Å². The van der Waals surface area contributed by atoms with E-state index in [4.69, 9.17) is 4.74 Å². The number of ether oxygens (including phenoxy) is 1. The molecule has 1 aliphatic carbocycles. The minimum absolute atomic E-state index is 0.180. The number of methoxy groups -OCH3 is 1. The number of amides is 1. The van der Waals surface area contributed by atoms with E-state index >= 15 is 0 Å². The van der Waals surface area contributed by atoms with Crippen LogP contribution in [0.1, 0.15) is 37.7 Å². The second-order valence-electron chi connectivity index (χ2n) is 5.68. The molecule has 0 spiro atoms. The molecule has 1 heterocycles. The summed E-state index contributed by atoms with van der Waals surface area (Å²) < 4.78 is 18.6. The highest BCUT2D eigenvalue weighted by atomic mass is 32.2. The first kappa shape index (κ1) is 16.1. The molecule has 122 valence electrons. The van der Waals surface area contributed by atoms with Crippen LogP contribution in [-0.2, 0) is 4.79 Å². The fourth-order valence-electron chi connectivity index (χ4n) is 2.79. The number of carbonyl (C=O) groups is 1. The molecule has 6 heteroatoms. The number of nitrogens with zero attached hydrogens (tertiary/aromatic N) is 1. The van der Waals surface area contributed by atoms with E-state index in [1.165, 1.54) is 44.2 Å². The van der Waals surface area contributed by atoms with Gasteiger partial charge in [0, 0.05) is 0 Å². The van der Waals surface area contributed by atoms with Gasteiger partial charge >= 0.3 is 0 Å². The standard InChI is InChI=1S/C17H19FN2O2S/c1-22-14-8-7-11(9-13(14)18)10-15-16(21)20-17(23-15)19-12-5-3-2-4-6-12/h7-10,12H,2-6H2,1H3,(H,19,20,21)/b15-10-. The summed E-state index contributed by atoms with van der Waals surface area (Å²) in [5.41, 5.74) is 0.625. The van der Waals surface area contributed by atoms with E-state index in [2.05, 4.69) is 10.3 Å². The maximum atomic E-state index is 13.7. The SMILES string of the molecule is COc1ccc(/C=C2\SC(=NC3CCCCC3)NC2=O)cc1F. The number of halogens is 1. The molecule has 1 saturated heterocycles. The van der Waals surface area contributed by atoms with Gasteiger partial charge in [0.2, 0.25) is 0 Å². The number of nitrogens with one attached hydrogen (secondary N) is 1. The van der Waals surface area contributed by atoms with E-state index < -0.39 is 5.82 Å². The van der Waals surface area contributed by atoms with Crippen LogP contribution >= 0.6 is 11.8 Å². The van der Waals surface area contributed by atoms with Crippen LogP contribution in [0.4, 0.5) is 4.39 Å². The zero-order valence-electron chi connectivity index (χ0n) is 13.0. The van der Waals surface area contributed by atoms with Crippen LogP contribution in [0.15, 0.2) is 28.1 Å². The Hall–Kier alpha value is -1.82. The summed E-state index contributed by atoms with van der Waals surface area (Å²) in [6.07, 6.45) is 7.52. The number of carbonyl (C=O) groups excluding carboxylic acids is 1. The topological polar surface area (TPSA) is 50.7 Å². The number of aliphatic imine (C=N–C) groups is 1. The third kappa shape index (κ3) is 3.93. The molecule has 4 nitrogen and oxygen atoms in total. The van der Waals surface area contributed by atoms with E-state index in [-0.39, 0.29) is 11.7 Å². The molecule has 3 rings (SSSR count). The van der Waals surface area contributed by atoms with Gasteiger partial charge in [-0.25, -0.2) is 4.39 Å². The van der Waals surface area contributed by atoms with E-state index in [9.17, 15) is 9.18 Å². The largest absolute Gasteiger partial charge is 0.494 e. The van der Waals surface area contributed by atoms with Crippen molar-refractivity contribution < 1.29 is 13.9 Å². The van der Waals surface area contributed by atoms with Gasteiger partial charge in [0.15, 0.2) is 16.7 Å². The highest BCUT2D eigenvalue weighted by Crippen LogP contribution is 2.29. The Morgan fingerprint density at radius 3 is 2.83 bits per heavy atom. The quantitative estimate of drug-likeness (QED) is 0.857. The number of hydrogen-bond acceptors (Lipinski definition) is 4. The molecule has 0 unspecified atom stereocenters. The molecule has 1 N–H and O–H groups in total. The molecule has 0 radical (unpaired) electrons. The summed E-state index contributed by atoms with van der Waals surface area (Å²) in [4.78, 5) is 17.2. The van der Waals surface area contributed by atoms with Crippen LogP contribution in [-0.4, -0.2) is 24.2 Å². The van der Waals surface area contributed by atoms with Crippen LogP contribution in [0.3, 0.4) is 0 Å². The van der Waals surface area contributed by atoms with E-state index in [1.54, 1.807) is 18.2 Å². The fraction of sp³-hybridized carbons (Fsp3) is 0.412. The molecule has 1 aliphatic heterocycles. The Bertz CT molecular complexity index is 667. The Balaban J connectivity index is 1.74. The molecule has 2 aliphatic rings. The lowest BCUT2D eigenvalue weighted by atomic mass is 9.96. The zero-order valence-corrected chi connectivity index (χ0v) is 13.8. The number of amidine groups is 1. The van der Waals surface area contributed by atoms with Crippen molar-refractivity contribution in [3.05, 3.63) is 34.5 Å². The summed E-state index contributed by atoms with van der Waals surface area (Å²) in [6.45, 7) is 0. The van der Waals surface area contributed by atoms with Crippen molar-refractivity contribution >= 4 is 28.9 Å². The number of rotatable bonds is 3. The van der Waals surface area contributed by atoms with Gasteiger partial charge in [0.05, 0.1) is 18.1 Å². The minimum Gasteiger partial charge on any atom is -0.494 e. The monoisotopic (exact) mass is 334 g/mol. The number of thioether (sulfide) groups is 1. The first-order valence-electron chi connectivity index (χ1n) is 7.78. The average molecular weight is 334 g/mol. The molecule has 1 saturated carbocycles. The van der Waals surface area contributed by atoms with Gasteiger partial charge in [-0.15, -0.1) is 0 Å². The summed E-state index contributed by atoms with van der Waals surface area (Å²) >= 11 is 1.32. The molecule has 23 heavy (non-hydrogen) atoms. The number of hydrogen-bond donors (Lipinski definition) is 1. The second kappa shape index (κ2) is 7.17. The van der Waals surface area contributed by atoms with Crippen molar-refractivity contribution in [1.29, 1.82) is 0 Å². The maximum Gasteiger partial charge on any atom is 0.264 e. The summed E-state index contributed by atoms with van der Waals surface area (Å²) in [5.74, 6) is -0.433. The molecule has 2 fully saturated rings. The first-order valence-corrected chi connectivity index (χ1v) is 8.59. The van der Waals surface area contributed by atoms with Crippen molar-refractivity contribution in [2.24, 2.45) is 4.99 Å². The van der Waals surface area contributed by atoms with Crippen molar-refractivity contribution in [2.75, 3.05) is 7.11 Å². The van der Waals surface area contributed by atoms with Crippen molar-refractivity contribution in [3.63, 3.8) is 0 Å². The molecular weight excluding hydrogens is 315 g/mol. The molecule has 1 aromatic carbocycles. The lowest BCUT2D eigenvalue weighted by Crippen LogP contribution is -2.22. The van der Waals surface area contributed by atoms with Gasteiger partial charge < -0.3 is 10.1 Å². The summed E-state index contributed by atoms with van der Waals surface area (Å²) in [7, 11) is 1.42. The lowest BCUT2D eigenvalue weighted by Gasteiger charge is -2.17. The molecule has 1 aromatic rings. The highest BCUT2D eigenvalue weighted by molar-refractivity contribution is 8.18. The van der Waals surface area contributed by atoms with Gasteiger partial charge in [-0.1, -0.05) is 25.3 Å². The predicted octanol–water partition coefficient (Wildman–Crippen LogP) is 3.73. The molecule has 0 atom stereocenters. The Morgan fingerprint density at radius 1 is 1.35 bits per heavy atom. The fourth-order valence-corrected chi connectivity index (χ4v) is 3.68. The minimum atomic E-state index is -0.443. The molecule has 0 bridgehead atoms. The van der Waals surface area contributed by atoms with Crippen LogP contribution in [0, 0.1) is 5.82 Å². The van der Waals surface area contributed by atoms with Gasteiger partial charge in [-0.2, -0.15) is 0 Å². The van der Waals surface area contributed by atoms with Crippen LogP contribution in [0.25, 0.3) is 6.08 Å². The summed E-state index contributed by atoms with van der Waals surface area (Å²) in [6, 6.07) is 4.94. The van der Waals surface area contributed by atoms with Crippen LogP contribution in [0.5, 0.6) is 5.75 Å². The van der Waals surface area contributed by atoms with Crippen molar-refractivity contribution in [2.45, 2.75) is 38.1 Å². The van der Waals surface area contributed by atoms with Gasteiger partial charge in [0.25, 0.3) is 5.91 Å². The lowest BCUT2D eigenvalue weighted by molar-refractivity contribution is -0.115. The maximum absolute atomic E-state index is 13.7. The second-order valence-corrected chi connectivity index (χ2v) is 6.72. The Kier molecular flexibility index (Phi) is 5.00. The number of benzene rings is 1. The van der Waals surface area contributed by atoms with E-state index in [1.807, 2.05) is 0 Å². The summed E-state index contributed by atoms with van der Waals surface area (Å²) in [5, 5.41) is 3.45. The van der Waals surface area contributed by atoms with Crippen LogP contribution < -0.4 is 10.1 Å². The van der Waals surface area contributed by atoms with Gasteiger partial charge in [-0.3, -0.25) is 9.79 Å². The Labute approximate surface area is 139 Å². The van der Waals surface area contributed by atoms with Crippen molar-refractivity contribution in [1.82, 2.24) is 5.32 Å². The average Bonchev–Trinajstić information content (AvgIpc) is 2.88. The van der Waals surface area contributed by atoms with E-state index in [0.29, 0.717) is 21.7 Å². The normalized spacial score (nSPS) is 22.6.